The van der Waals surface area contributed by atoms with Crippen LogP contribution in [-0.2, 0) is 18.4 Å². The average Bonchev–Trinajstić information content (AvgIpc) is 3.20. The number of benzene rings is 1. The monoisotopic (exact) mass is 404 g/mol. The fraction of sp³-hybridized carbons (Fsp3) is 0.188. The minimum absolute atomic E-state index is 0.0103. The number of nitrogens with zero attached hydrogens (tertiary/aromatic N) is 5. The SMILES string of the molecule is COc1cc2nc(NC(=O)Cn3cnc4c3cnc(=O)n4C)sc2cc1Cl. The van der Waals surface area contributed by atoms with Gasteiger partial charge in [-0.2, -0.15) is 4.98 Å². The first-order valence-corrected chi connectivity index (χ1v) is 8.96. The molecule has 1 N–H and O–H groups in total. The molecule has 4 rings (SSSR count). The van der Waals surface area contributed by atoms with Gasteiger partial charge in [0.15, 0.2) is 10.8 Å². The number of hydrogen-bond acceptors (Lipinski definition) is 7. The number of ether oxygens (including phenoxy) is 1. The Hall–Kier alpha value is -2.98. The molecule has 9 nitrogen and oxygen atoms in total. The van der Waals surface area contributed by atoms with Gasteiger partial charge >= 0.3 is 5.69 Å². The molecule has 3 aromatic heterocycles. The smallest absolute Gasteiger partial charge is 0.349 e. The Morgan fingerprint density at radius 3 is 2.96 bits per heavy atom. The van der Waals surface area contributed by atoms with Gasteiger partial charge in [-0.25, -0.2) is 14.8 Å². The van der Waals surface area contributed by atoms with E-state index in [0.29, 0.717) is 32.6 Å². The summed E-state index contributed by atoms with van der Waals surface area (Å²) < 4.78 is 8.96. The van der Waals surface area contributed by atoms with Crippen LogP contribution in [0.3, 0.4) is 0 Å². The number of amides is 1. The molecular formula is C16H13ClN6O3S. The molecule has 0 radical (unpaired) electrons. The maximum atomic E-state index is 12.4. The second-order valence-corrected chi connectivity index (χ2v) is 7.14. The summed E-state index contributed by atoms with van der Waals surface area (Å²) in [7, 11) is 3.11. The normalized spacial score (nSPS) is 11.2. The topological polar surface area (TPSA) is 104 Å². The fourth-order valence-corrected chi connectivity index (χ4v) is 3.85. The summed E-state index contributed by atoms with van der Waals surface area (Å²) in [6.45, 7) is 0.0103. The quantitative estimate of drug-likeness (QED) is 0.558. The van der Waals surface area contributed by atoms with E-state index < -0.39 is 5.69 Å². The van der Waals surface area contributed by atoms with Gasteiger partial charge in [-0.15, -0.1) is 0 Å². The van der Waals surface area contributed by atoms with Gasteiger partial charge in [-0.3, -0.25) is 9.36 Å². The highest BCUT2D eigenvalue weighted by Gasteiger charge is 2.13. The van der Waals surface area contributed by atoms with Gasteiger partial charge in [0.2, 0.25) is 5.91 Å². The average molecular weight is 405 g/mol. The number of rotatable bonds is 4. The Bertz CT molecular complexity index is 1240. The van der Waals surface area contributed by atoms with Crippen molar-refractivity contribution >= 4 is 55.4 Å². The van der Waals surface area contributed by atoms with Gasteiger partial charge < -0.3 is 14.6 Å². The van der Waals surface area contributed by atoms with Crippen molar-refractivity contribution in [3.8, 4) is 5.75 Å². The third-order valence-electron chi connectivity index (χ3n) is 3.98. The Morgan fingerprint density at radius 2 is 2.19 bits per heavy atom. The van der Waals surface area contributed by atoms with E-state index in [0.717, 1.165) is 4.70 Å². The molecule has 1 amide bonds. The van der Waals surface area contributed by atoms with Crippen LogP contribution in [0, 0.1) is 0 Å². The molecule has 0 bridgehead atoms. The largest absolute Gasteiger partial charge is 0.495 e. The maximum absolute atomic E-state index is 12.4. The van der Waals surface area contributed by atoms with Crippen LogP contribution in [0.5, 0.6) is 5.75 Å². The molecule has 0 unspecified atom stereocenters. The van der Waals surface area contributed by atoms with E-state index in [9.17, 15) is 9.59 Å². The highest BCUT2D eigenvalue weighted by molar-refractivity contribution is 7.22. The number of methoxy groups -OCH3 is 1. The number of fused-ring (bicyclic) bond motifs is 2. The first-order valence-electron chi connectivity index (χ1n) is 7.77. The number of thiazole rings is 1. The maximum Gasteiger partial charge on any atom is 0.349 e. The number of hydrogen-bond donors (Lipinski definition) is 1. The number of halogens is 1. The van der Waals surface area contributed by atoms with Crippen molar-refractivity contribution in [3.05, 3.63) is 40.2 Å². The van der Waals surface area contributed by atoms with Crippen molar-refractivity contribution in [3.63, 3.8) is 0 Å². The second-order valence-electron chi connectivity index (χ2n) is 5.70. The number of carbonyl (C=O) groups excluding carboxylic acids is 1. The summed E-state index contributed by atoms with van der Waals surface area (Å²) in [5, 5.41) is 3.70. The molecule has 0 fully saturated rings. The molecule has 1 aromatic carbocycles. The number of imidazole rings is 1. The zero-order chi connectivity index (χ0) is 19.1. The van der Waals surface area contributed by atoms with Gasteiger partial charge in [0.1, 0.15) is 17.8 Å². The summed E-state index contributed by atoms with van der Waals surface area (Å²) >= 11 is 7.43. The summed E-state index contributed by atoms with van der Waals surface area (Å²) in [4.78, 5) is 36.3. The molecule has 11 heteroatoms. The van der Waals surface area contributed by atoms with Crippen molar-refractivity contribution in [1.82, 2.24) is 24.1 Å². The minimum atomic E-state index is -0.402. The summed E-state index contributed by atoms with van der Waals surface area (Å²) in [5.74, 6) is 0.246. The van der Waals surface area contributed by atoms with Crippen molar-refractivity contribution in [2.45, 2.75) is 6.54 Å². The number of anilines is 1. The molecule has 0 aliphatic rings. The van der Waals surface area contributed by atoms with Gasteiger partial charge in [0, 0.05) is 13.1 Å². The first-order chi connectivity index (χ1) is 13.0. The van der Waals surface area contributed by atoms with E-state index in [4.69, 9.17) is 16.3 Å². The minimum Gasteiger partial charge on any atom is -0.495 e. The van der Waals surface area contributed by atoms with Crippen LogP contribution >= 0.6 is 22.9 Å². The summed E-state index contributed by atoms with van der Waals surface area (Å²) in [6, 6.07) is 3.47. The van der Waals surface area contributed by atoms with E-state index in [2.05, 4.69) is 20.3 Å². The zero-order valence-electron chi connectivity index (χ0n) is 14.3. The van der Waals surface area contributed by atoms with Crippen molar-refractivity contribution in [2.75, 3.05) is 12.4 Å². The van der Waals surface area contributed by atoms with Crippen LogP contribution < -0.4 is 15.7 Å². The lowest BCUT2D eigenvalue weighted by molar-refractivity contribution is -0.116. The molecule has 0 aliphatic heterocycles. The van der Waals surface area contributed by atoms with Crippen LogP contribution in [0.1, 0.15) is 0 Å². The van der Waals surface area contributed by atoms with E-state index >= 15 is 0 Å². The predicted molar refractivity (Wildman–Crippen MR) is 103 cm³/mol. The lowest BCUT2D eigenvalue weighted by Crippen LogP contribution is -2.21. The Morgan fingerprint density at radius 1 is 1.37 bits per heavy atom. The molecule has 0 spiro atoms. The van der Waals surface area contributed by atoms with E-state index in [1.54, 1.807) is 23.7 Å². The van der Waals surface area contributed by atoms with Crippen molar-refractivity contribution in [2.24, 2.45) is 7.05 Å². The highest BCUT2D eigenvalue weighted by Crippen LogP contribution is 2.34. The Balaban J connectivity index is 1.57. The van der Waals surface area contributed by atoms with E-state index in [1.807, 2.05) is 0 Å². The molecule has 27 heavy (non-hydrogen) atoms. The third kappa shape index (κ3) is 3.13. The molecule has 3 heterocycles. The number of carbonyl (C=O) groups is 1. The van der Waals surface area contributed by atoms with Crippen LogP contribution in [0.4, 0.5) is 5.13 Å². The standard InChI is InChI=1S/C16H13ClN6O3S/c1-22-14-10(5-18-16(22)25)23(7-19-14)6-13(24)21-15-20-9-4-11(26-2)8(17)3-12(9)27-15/h3-5,7H,6H2,1-2H3,(H,20,21,24). The molecule has 0 aliphatic carbocycles. The van der Waals surface area contributed by atoms with Crippen molar-refractivity contribution in [1.29, 1.82) is 0 Å². The number of aromatic nitrogens is 5. The van der Waals surface area contributed by atoms with Gasteiger partial charge in [0.25, 0.3) is 0 Å². The van der Waals surface area contributed by atoms with Crippen LogP contribution in [0.25, 0.3) is 21.4 Å². The lowest BCUT2D eigenvalue weighted by Gasteiger charge is -2.04. The fourth-order valence-electron chi connectivity index (χ4n) is 2.64. The summed E-state index contributed by atoms with van der Waals surface area (Å²) in [6.07, 6.45) is 2.90. The third-order valence-corrected chi connectivity index (χ3v) is 5.21. The lowest BCUT2D eigenvalue weighted by atomic mass is 10.3. The number of nitrogens with one attached hydrogen (secondary N) is 1. The second kappa shape index (κ2) is 6.63. The van der Waals surface area contributed by atoms with E-state index in [1.165, 1.54) is 35.5 Å². The van der Waals surface area contributed by atoms with E-state index in [-0.39, 0.29) is 12.5 Å². The first kappa shape index (κ1) is 17.4. The Kier molecular flexibility index (Phi) is 4.28. The molecular weight excluding hydrogens is 392 g/mol. The van der Waals surface area contributed by atoms with Crippen LogP contribution in [-0.4, -0.2) is 37.1 Å². The van der Waals surface area contributed by atoms with Gasteiger partial charge in [-0.1, -0.05) is 22.9 Å². The summed E-state index contributed by atoms with van der Waals surface area (Å²) in [5.41, 5.74) is 1.34. The molecule has 0 saturated carbocycles. The predicted octanol–water partition coefficient (Wildman–Crippen LogP) is 2.04. The molecule has 0 saturated heterocycles. The zero-order valence-corrected chi connectivity index (χ0v) is 15.8. The van der Waals surface area contributed by atoms with Crippen molar-refractivity contribution < 1.29 is 9.53 Å². The Labute approximate surface area is 161 Å². The molecule has 4 aromatic rings. The van der Waals surface area contributed by atoms with Crippen LogP contribution in [0.2, 0.25) is 5.02 Å². The molecule has 0 atom stereocenters. The van der Waals surface area contributed by atoms with Gasteiger partial charge in [0.05, 0.1) is 34.9 Å². The molecule has 138 valence electrons. The number of aryl methyl sites for hydroxylation is 1. The van der Waals surface area contributed by atoms with Crippen LogP contribution in [0.15, 0.2) is 29.5 Å². The highest BCUT2D eigenvalue weighted by atomic mass is 35.5. The van der Waals surface area contributed by atoms with Gasteiger partial charge in [-0.05, 0) is 6.07 Å².